The maximum atomic E-state index is 6.10. The molecule has 1 aliphatic heterocycles. The lowest BCUT2D eigenvalue weighted by Crippen LogP contribution is -2.27. The highest BCUT2D eigenvalue weighted by Gasteiger charge is 2.46. The van der Waals surface area contributed by atoms with Crippen LogP contribution in [0.5, 0.6) is 0 Å². The van der Waals surface area contributed by atoms with Crippen LogP contribution in [0.2, 0.25) is 0 Å². The Balaban J connectivity index is 1.81. The van der Waals surface area contributed by atoms with Crippen LogP contribution in [0, 0.1) is 5.92 Å². The molecule has 2 aliphatic rings. The van der Waals surface area contributed by atoms with Gasteiger partial charge in [0.05, 0.1) is 12.7 Å². The molecule has 1 saturated heterocycles. The third-order valence-electron chi connectivity index (χ3n) is 3.54. The Morgan fingerprint density at radius 1 is 1.47 bits per heavy atom. The van der Waals surface area contributed by atoms with Gasteiger partial charge in [0.15, 0.2) is 5.79 Å². The van der Waals surface area contributed by atoms with E-state index in [4.69, 9.17) is 9.47 Å². The molecule has 1 spiro atoms. The smallest absolute Gasteiger partial charge is 0.169 e. The van der Waals surface area contributed by atoms with Crippen LogP contribution in [0.25, 0.3) is 0 Å². The van der Waals surface area contributed by atoms with E-state index in [2.05, 4.69) is 22.9 Å². The van der Waals surface area contributed by atoms with E-state index in [9.17, 15) is 0 Å². The zero-order valence-electron chi connectivity index (χ0n) is 9.51. The third kappa shape index (κ3) is 2.75. The van der Waals surface area contributed by atoms with Crippen molar-refractivity contribution in [1.29, 1.82) is 0 Å². The lowest BCUT2D eigenvalue weighted by Gasteiger charge is -2.22. The summed E-state index contributed by atoms with van der Waals surface area (Å²) >= 11 is 3.55. The lowest BCUT2D eigenvalue weighted by atomic mass is 10.1. The second-order valence-corrected chi connectivity index (χ2v) is 5.51. The molecule has 2 rings (SSSR count). The summed E-state index contributed by atoms with van der Waals surface area (Å²) in [6.45, 7) is 3.04. The van der Waals surface area contributed by atoms with E-state index in [1.807, 2.05) is 0 Å². The Hall–Kier alpha value is 0.400. The predicted octanol–water partition coefficient (Wildman–Crippen LogP) is 3.48. The summed E-state index contributed by atoms with van der Waals surface area (Å²) in [5.74, 6) is 0.548. The van der Waals surface area contributed by atoms with E-state index in [0.29, 0.717) is 6.10 Å². The van der Waals surface area contributed by atoms with Gasteiger partial charge >= 0.3 is 0 Å². The van der Waals surface area contributed by atoms with Crippen molar-refractivity contribution in [2.24, 2.45) is 5.92 Å². The highest BCUT2D eigenvalue weighted by Crippen LogP contribution is 2.43. The Bertz CT molecular complexity index is 210. The van der Waals surface area contributed by atoms with Gasteiger partial charge in [0.2, 0.25) is 0 Å². The molecule has 15 heavy (non-hydrogen) atoms. The maximum Gasteiger partial charge on any atom is 0.169 e. The molecule has 3 heteroatoms. The van der Waals surface area contributed by atoms with Crippen LogP contribution in [0.1, 0.15) is 45.4 Å². The topological polar surface area (TPSA) is 18.5 Å². The fourth-order valence-corrected chi connectivity index (χ4v) is 3.18. The summed E-state index contributed by atoms with van der Waals surface area (Å²) in [6, 6.07) is 0. The van der Waals surface area contributed by atoms with Crippen molar-refractivity contribution in [3.05, 3.63) is 0 Å². The Labute approximate surface area is 101 Å². The summed E-state index contributed by atoms with van der Waals surface area (Å²) in [5, 5.41) is 1.08. The first-order valence-electron chi connectivity index (χ1n) is 6.16. The largest absolute Gasteiger partial charge is 0.347 e. The summed E-state index contributed by atoms with van der Waals surface area (Å²) in [5.41, 5.74) is 0. The van der Waals surface area contributed by atoms with Gasteiger partial charge in [-0.15, -0.1) is 0 Å². The number of hydrogen-bond donors (Lipinski definition) is 0. The predicted molar refractivity (Wildman–Crippen MR) is 64.2 cm³/mol. The van der Waals surface area contributed by atoms with E-state index in [1.165, 1.54) is 19.3 Å². The van der Waals surface area contributed by atoms with Gasteiger partial charge in [0.25, 0.3) is 0 Å². The van der Waals surface area contributed by atoms with Crippen molar-refractivity contribution in [2.75, 3.05) is 11.9 Å². The molecule has 88 valence electrons. The average molecular weight is 277 g/mol. The maximum absolute atomic E-state index is 6.10. The molecule has 0 aromatic heterocycles. The molecule has 2 fully saturated rings. The van der Waals surface area contributed by atoms with Gasteiger partial charge in [-0.2, -0.15) is 0 Å². The fourth-order valence-electron chi connectivity index (χ4n) is 2.63. The van der Waals surface area contributed by atoms with Crippen molar-refractivity contribution in [3.63, 3.8) is 0 Å². The number of ether oxygens (including phenoxy) is 2. The van der Waals surface area contributed by atoms with E-state index in [0.717, 1.165) is 37.1 Å². The van der Waals surface area contributed by atoms with Crippen LogP contribution in [-0.2, 0) is 9.47 Å². The highest BCUT2D eigenvalue weighted by atomic mass is 79.9. The van der Waals surface area contributed by atoms with Crippen LogP contribution in [0.15, 0.2) is 0 Å². The SMILES string of the molecule is CCCCC1COC2(CCC(CBr)C2)O1. The Morgan fingerprint density at radius 3 is 3.00 bits per heavy atom. The van der Waals surface area contributed by atoms with Crippen molar-refractivity contribution >= 4 is 15.9 Å². The zero-order chi connectivity index (χ0) is 10.7. The molecular formula is C12H21BrO2. The molecule has 3 unspecified atom stereocenters. The number of hydrogen-bond acceptors (Lipinski definition) is 2. The van der Waals surface area contributed by atoms with Gasteiger partial charge < -0.3 is 9.47 Å². The van der Waals surface area contributed by atoms with Crippen LogP contribution in [0.4, 0.5) is 0 Å². The molecule has 1 aliphatic carbocycles. The Kier molecular flexibility index (Phi) is 4.08. The minimum atomic E-state index is -0.198. The van der Waals surface area contributed by atoms with E-state index in [-0.39, 0.29) is 5.79 Å². The standard InChI is InChI=1S/C12H21BrO2/c1-2-3-4-11-9-14-12(15-11)6-5-10(7-12)8-13/h10-11H,2-9H2,1H3. The fraction of sp³-hybridized carbons (Fsp3) is 1.00. The normalized spacial score (nSPS) is 40.4. The van der Waals surface area contributed by atoms with Gasteiger partial charge in [0, 0.05) is 18.2 Å². The molecule has 1 heterocycles. The monoisotopic (exact) mass is 276 g/mol. The summed E-state index contributed by atoms with van der Waals surface area (Å²) in [6.07, 6.45) is 7.44. The summed E-state index contributed by atoms with van der Waals surface area (Å²) < 4.78 is 12.0. The van der Waals surface area contributed by atoms with Gasteiger partial charge in [0.1, 0.15) is 0 Å². The lowest BCUT2D eigenvalue weighted by molar-refractivity contribution is -0.164. The molecule has 3 atom stereocenters. The number of unbranched alkanes of at least 4 members (excludes halogenated alkanes) is 1. The van der Waals surface area contributed by atoms with E-state index in [1.54, 1.807) is 0 Å². The second kappa shape index (κ2) is 5.15. The van der Waals surface area contributed by atoms with Gasteiger partial charge in [-0.1, -0.05) is 35.7 Å². The minimum Gasteiger partial charge on any atom is -0.347 e. The van der Waals surface area contributed by atoms with Crippen LogP contribution in [0.3, 0.4) is 0 Å². The third-order valence-corrected chi connectivity index (χ3v) is 4.46. The first-order valence-corrected chi connectivity index (χ1v) is 7.28. The minimum absolute atomic E-state index is 0.198. The molecule has 0 amide bonds. The van der Waals surface area contributed by atoms with Crippen molar-refractivity contribution < 1.29 is 9.47 Å². The number of alkyl halides is 1. The summed E-state index contributed by atoms with van der Waals surface area (Å²) in [4.78, 5) is 0. The van der Waals surface area contributed by atoms with Crippen molar-refractivity contribution in [3.8, 4) is 0 Å². The molecule has 0 aromatic carbocycles. The zero-order valence-corrected chi connectivity index (χ0v) is 11.1. The molecule has 2 nitrogen and oxygen atoms in total. The van der Waals surface area contributed by atoms with Gasteiger partial charge in [-0.3, -0.25) is 0 Å². The van der Waals surface area contributed by atoms with Gasteiger partial charge in [-0.05, 0) is 18.8 Å². The molecule has 1 saturated carbocycles. The van der Waals surface area contributed by atoms with Crippen LogP contribution in [-0.4, -0.2) is 23.8 Å². The Morgan fingerprint density at radius 2 is 2.33 bits per heavy atom. The first kappa shape index (κ1) is 11.9. The van der Waals surface area contributed by atoms with Gasteiger partial charge in [-0.25, -0.2) is 0 Å². The molecule has 0 aromatic rings. The summed E-state index contributed by atoms with van der Waals surface area (Å²) in [7, 11) is 0. The quantitative estimate of drug-likeness (QED) is 0.732. The molecule has 0 radical (unpaired) electrons. The highest BCUT2D eigenvalue weighted by molar-refractivity contribution is 9.09. The average Bonchev–Trinajstić information content (AvgIpc) is 2.84. The van der Waals surface area contributed by atoms with Crippen molar-refractivity contribution in [1.82, 2.24) is 0 Å². The van der Waals surface area contributed by atoms with E-state index < -0.39 is 0 Å². The number of rotatable bonds is 4. The molecular weight excluding hydrogens is 256 g/mol. The van der Waals surface area contributed by atoms with Crippen LogP contribution >= 0.6 is 15.9 Å². The van der Waals surface area contributed by atoms with Crippen molar-refractivity contribution in [2.45, 2.75) is 57.3 Å². The van der Waals surface area contributed by atoms with E-state index >= 15 is 0 Å². The molecule has 0 bridgehead atoms. The number of halogens is 1. The molecule has 0 N–H and O–H groups in total. The second-order valence-electron chi connectivity index (χ2n) is 4.87. The first-order chi connectivity index (χ1) is 7.28. The van der Waals surface area contributed by atoms with Crippen LogP contribution < -0.4 is 0 Å².